The molecule has 1 saturated heterocycles. The Kier molecular flexibility index (Phi) is 7.42. The van der Waals surface area contributed by atoms with E-state index in [1.165, 1.54) is 0 Å². The van der Waals surface area contributed by atoms with E-state index in [4.69, 9.17) is 16.6 Å². The maximum absolute atomic E-state index is 6.19. The maximum Gasteiger partial charge on any atom is 0.185 e. The second-order valence-corrected chi connectivity index (χ2v) is 5.87. The molecule has 1 aliphatic heterocycles. The van der Waals surface area contributed by atoms with Crippen molar-refractivity contribution in [2.75, 3.05) is 31.1 Å². The van der Waals surface area contributed by atoms with Crippen molar-refractivity contribution in [1.82, 2.24) is 10.3 Å². The second kappa shape index (κ2) is 8.56. The van der Waals surface area contributed by atoms with Crippen LogP contribution in [0.15, 0.2) is 29.6 Å². The highest BCUT2D eigenvalue weighted by Crippen LogP contribution is 2.24. The van der Waals surface area contributed by atoms with Crippen LogP contribution in [-0.4, -0.2) is 36.6 Å². The van der Waals surface area contributed by atoms with Gasteiger partial charge >= 0.3 is 0 Å². The molecule has 1 fully saturated rings. The quantitative estimate of drug-likeness (QED) is 0.927. The molecule has 0 spiro atoms. The Morgan fingerprint density at radius 3 is 2.67 bits per heavy atom. The molecule has 0 radical (unpaired) electrons. The van der Waals surface area contributed by atoms with Gasteiger partial charge in [-0.3, -0.25) is 0 Å². The van der Waals surface area contributed by atoms with Gasteiger partial charge in [-0.15, -0.1) is 23.7 Å². The summed E-state index contributed by atoms with van der Waals surface area (Å²) in [6, 6.07) is 7.97. The van der Waals surface area contributed by atoms with E-state index in [9.17, 15) is 0 Å². The molecule has 3 N–H and O–H groups in total. The minimum absolute atomic E-state index is 0. The normalized spacial score (nSPS) is 14.2. The molecular formula is C14H19Cl2N3OS. The van der Waals surface area contributed by atoms with Crippen LogP contribution in [0.25, 0.3) is 0 Å². The van der Waals surface area contributed by atoms with Crippen LogP contribution in [-0.2, 0) is 6.42 Å². The van der Waals surface area contributed by atoms with E-state index >= 15 is 0 Å². The second-order valence-electron chi connectivity index (χ2n) is 4.63. The monoisotopic (exact) mass is 347 g/mol. The Morgan fingerprint density at radius 1 is 1.24 bits per heavy atom. The van der Waals surface area contributed by atoms with Gasteiger partial charge in [0.2, 0.25) is 0 Å². The first-order chi connectivity index (χ1) is 9.33. The fourth-order valence-electron chi connectivity index (χ4n) is 2.22. The number of rotatable bonds is 3. The van der Waals surface area contributed by atoms with Gasteiger partial charge in [-0.05, 0) is 11.6 Å². The third-order valence-electron chi connectivity index (χ3n) is 3.26. The van der Waals surface area contributed by atoms with Gasteiger partial charge in [0.05, 0.1) is 5.69 Å². The first kappa shape index (κ1) is 18.2. The summed E-state index contributed by atoms with van der Waals surface area (Å²) < 4.78 is 0. The van der Waals surface area contributed by atoms with Crippen molar-refractivity contribution in [2.45, 2.75) is 6.42 Å². The molecule has 21 heavy (non-hydrogen) atoms. The van der Waals surface area contributed by atoms with Gasteiger partial charge < -0.3 is 15.7 Å². The van der Waals surface area contributed by atoms with Gasteiger partial charge in [0.1, 0.15) is 0 Å². The molecule has 2 heterocycles. The molecule has 1 aliphatic rings. The van der Waals surface area contributed by atoms with E-state index in [1.54, 1.807) is 11.3 Å². The average Bonchev–Trinajstić information content (AvgIpc) is 2.91. The number of nitrogens with one attached hydrogen (secondary N) is 1. The third-order valence-corrected chi connectivity index (χ3v) is 4.58. The van der Waals surface area contributed by atoms with Crippen LogP contribution >= 0.6 is 35.3 Å². The smallest absolute Gasteiger partial charge is 0.185 e. The molecule has 116 valence electrons. The molecule has 1 aromatic heterocycles. The first-order valence-electron chi connectivity index (χ1n) is 6.46. The van der Waals surface area contributed by atoms with Crippen LogP contribution in [0.2, 0.25) is 5.02 Å². The predicted molar refractivity (Wildman–Crippen MR) is 92.3 cm³/mol. The highest BCUT2D eigenvalue weighted by atomic mass is 35.5. The number of piperazine rings is 1. The van der Waals surface area contributed by atoms with Crippen LogP contribution in [0, 0.1) is 0 Å². The number of thiazole rings is 1. The fraction of sp³-hybridized carbons (Fsp3) is 0.357. The summed E-state index contributed by atoms with van der Waals surface area (Å²) in [5.74, 6) is 0. The van der Waals surface area contributed by atoms with Gasteiger partial charge in [0.25, 0.3) is 0 Å². The highest BCUT2D eigenvalue weighted by Gasteiger charge is 2.14. The topological polar surface area (TPSA) is 59.7 Å². The Balaban J connectivity index is 0.00000110. The van der Waals surface area contributed by atoms with E-state index in [0.29, 0.717) is 0 Å². The number of hydrogen-bond acceptors (Lipinski definition) is 4. The van der Waals surface area contributed by atoms with Crippen LogP contribution in [0.1, 0.15) is 11.3 Å². The fourth-order valence-corrected chi connectivity index (χ4v) is 3.30. The molecule has 0 amide bonds. The van der Waals surface area contributed by atoms with Crippen molar-refractivity contribution in [3.8, 4) is 0 Å². The number of anilines is 1. The summed E-state index contributed by atoms with van der Waals surface area (Å²) in [5.41, 5.74) is 2.24. The summed E-state index contributed by atoms with van der Waals surface area (Å²) in [7, 11) is 0. The van der Waals surface area contributed by atoms with E-state index in [-0.39, 0.29) is 17.9 Å². The zero-order chi connectivity index (χ0) is 13.1. The summed E-state index contributed by atoms with van der Waals surface area (Å²) >= 11 is 7.91. The molecule has 7 heteroatoms. The van der Waals surface area contributed by atoms with E-state index in [1.807, 2.05) is 18.2 Å². The standard InChI is InChI=1S/C14H16ClN3S.ClH.H2O/c15-13-4-2-1-3-11(13)9-12-10-19-14(17-12)18-7-5-16-6-8-18;;/h1-4,10,16H,5-9H2;1H;1H2. The lowest BCUT2D eigenvalue weighted by molar-refractivity contribution is 0.588. The number of hydrogen-bond donors (Lipinski definition) is 1. The number of aromatic nitrogens is 1. The summed E-state index contributed by atoms with van der Waals surface area (Å²) in [6.07, 6.45) is 0.808. The predicted octanol–water partition coefficient (Wildman–Crippen LogP) is 2.39. The van der Waals surface area contributed by atoms with Gasteiger partial charge in [0.15, 0.2) is 5.13 Å². The Morgan fingerprint density at radius 2 is 1.95 bits per heavy atom. The Labute approximate surface area is 139 Å². The van der Waals surface area contributed by atoms with Crippen molar-refractivity contribution in [2.24, 2.45) is 0 Å². The van der Waals surface area contributed by atoms with Crippen molar-refractivity contribution in [3.63, 3.8) is 0 Å². The largest absolute Gasteiger partial charge is 0.412 e. The zero-order valence-corrected chi connectivity index (χ0v) is 13.9. The lowest BCUT2D eigenvalue weighted by Gasteiger charge is -2.26. The van der Waals surface area contributed by atoms with E-state index < -0.39 is 0 Å². The van der Waals surface area contributed by atoms with Crippen LogP contribution in [0.4, 0.5) is 5.13 Å². The van der Waals surface area contributed by atoms with Crippen LogP contribution in [0.5, 0.6) is 0 Å². The van der Waals surface area contributed by atoms with E-state index in [0.717, 1.165) is 54.0 Å². The third kappa shape index (κ3) is 4.56. The number of benzene rings is 1. The lowest BCUT2D eigenvalue weighted by Crippen LogP contribution is -2.43. The molecule has 0 atom stereocenters. The molecule has 0 unspecified atom stereocenters. The number of nitrogens with zero attached hydrogens (tertiary/aromatic N) is 2. The molecule has 0 bridgehead atoms. The first-order valence-corrected chi connectivity index (χ1v) is 7.72. The minimum atomic E-state index is 0. The lowest BCUT2D eigenvalue weighted by atomic mass is 10.1. The van der Waals surface area contributed by atoms with Crippen LogP contribution < -0.4 is 10.2 Å². The highest BCUT2D eigenvalue weighted by molar-refractivity contribution is 7.13. The molecule has 4 nitrogen and oxygen atoms in total. The van der Waals surface area contributed by atoms with E-state index in [2.05, 4.69) is 21.7 Å². The van der Waals surface area contributed by atoms with Crippen LogP contribution in [0.3, 0.4) is 0 Å². The summed E-state index contributed by atoms with van der Waals surface area (Å²) in [4.78, 5) is 7.07. The van der Waals surface area contributed by atoms with Gasteiger partial charge in [-0.25, -0.2) is 4.98 Å². The molecule has 0 saturated carbocycles. The zero-order valence-electron chi connectivity index (χ0n) is 11.5. The summed E-state index contributed by atoms with van der Waals surface area (Å²) in [5, 5.41) is 7.44. The Hall–Kier alpha value is -0.850. The average molecular weight is 348 g/mol. The minimum Gasteiger partial charge on any atom is -0.412 e. The molecule has 3 rings (SSSR count). The van der Waals surface area contributed by atoms with Gasteiger partial charge in [-0.1, -0.05) is 29.8 Å². The van der Waals surface area contributed by atoms with Gasteiger partial charge in [0, 0.05) is 43.0 Å². The molecule has 2 aromatic rings. The van der Waals surface area contributed by atoms with Crippen molar-refractivity contribution in [1.29, 1.82) is 0 Å². The molecular weight excluding hydrogens is 329 g/mol. The van der Waals surface area contributed by atoms with Crippen molar-refractivity contribution < 1.29 is 5.48 Å². The summed E-state index contributed by atoms with van der Waals surface area (Å²) in [6.45, 7) is 4.16. The number of halogens is 2. The van der Waals surface area contributed by atoms with Crippen molar-refractivity contribution in [3.05, 3.63) is 45.9 Å². The molecule has 1 aromatic carbocycles. The Bertz CT molecular complexity index is 559. The molecule has 0 aliphatic carbocycles. The van der Waals surface area contributed by atoms with Gasteiger partial charge in [-0.2, -0.15) is 0 Å². The van der Waals surface area contributed by atoms with Crippen molar-refractivity contribution >= 4 is 40.5 Å². The maximum atomic E-state index is 6.19. The SMILES string of the molecule is Cl.Clc1ccccc1Cc1csc(N2CCNCC2)n1.O.